The van der Waals surface area contributed by atoms with Crippen LogP contribution in [0.1, 0.15) is 43.7 Å². The predicted octanol–water partition coefficient (Wildman–Crippen LogP) is 3.10. The van der Waals surface area contributed by atoms with Gasteiger partial charge < -0.3 is 10.2 Å². The molecule has 0 radical (unpaired) electrons. The highest BCUT2D eigenvalue weighted by Gasteiger charge is 2.17. The molecule has 92 valence electrons. The average molecular weight is 230 g/mol. The Kier molecular flexibility index (Phi) is 3.32. The SMILES string of the molecule is c1cc(C2CCCCN2)cc(N2CCCC2)c1. The Bertz CT molecular complexity index is 363. The summed E-state index contributed by atoms with van der Waals surface area (Å²) in [5.74, 6) is 0. The maximum Gasteiger partial charge on any atom is 0.0369 e. The maximum atomic E-state index is 3.63. The van der Waals surface area contributed by atoms with E-state index in [0.717, 1.165) is 0 Å². The molecule has 2 nitrogen and oxygen atoms in total. The van der Waals surface area contributed by atoms with Gasteiger partial charge in [0.1, 0.15) is 0 Å². The zero-order valence-electron chi connectivity index (χ0n) is 10.5. The largest absolute Gasteiger partial charge is 0.372 e. The zero-order valence-corrected chi connectivity index (χ0v) is 10.5. The van der Waals surface area contributed by atoms with Crippen molar-refractivity contribution >= 4 is 5.69 Å². The monoisotopic (exact) mass is 230 g/mol. The molecule has 1 atom stereocenters. The van der Waals surface area contributed by atoms with Crippen LogP contribution in [0.15, 0.2) is 24.3 Å². The highest BCUT2D eigenvalue weighted by atomic mass is 15.1. The molecule has 2 aliphatic heterocycles. The lowest BCUT2D eigenvalue weighted by Gasteiger charge is -2.25. The van der Waals surface area contributed by atoms with Gasteiger partial charge in [-0.1, -0.05) is 18.6 Å². The van der Waals surface area contributed by atoms with Gasteiger partial charge in [0.05, 0.1) is 0 Å². The Labute approximate surface area is 104 Å². The van der Waals surface area contributed by atoms with Crippen LogP contribution in [0, 0.1) is 0 Å². The van der Waals surface area contributed by atoms with E-state index < -0.39 is 0 Å². The highest BCUT2D eigenvalue weighted by Crippen LogP contribution is 2.27. The molecule has 0 aromatic heterocycles. The fourth-order valence-electron chi connectivity index (χ4n) is 3.05. The van der Waals surface area contributed by atoms with Crippen molar-refractivity contribution in [2.45, 2.75) is 38.1 Å². The van der Waals surface area contributed by atoms with Crippen LogP contribution in [-0.4, -0.2) is 19.6 Å². The molecule has 2 aliphatic rings. The van der Waals surface area contributed by atoms with E-state index in [1.165, 1.54) is 63.0 Å². The fourth-order valence-corrected chi connectivity index (χ4v) is 3.05. The Morgan fingerprint density at radius 2 is 1.94 bits per heavy atom. The van der Waals surface area contributed by atoms with Gasteiger partial charge in [0, 0.05) is 24.8 Å². The van der Waals surface area contributed by atoms with E-state index in [4.69, 9.17) is 0 Å². The van der Waals surface area contributed by atoms with Gasteiger partial charge in [-0.15, -0.1) is 0 Å². The summed E-state index contributed by atoms with van der Waals surface area (Å²) in [6.45, 7) is 3.65. The molecule has 0 amide bonds. The number of rotatable bonds is 2. The van der Waals surface area contributed by atoms with E-state index in [9.17, 15) is 0 Å². The molecule has 1 N–H and O–H groups in total. The second-order valence-corrected chi connectivity index (χ2v) is 5.29. The van der Waals surface area contributed by atoms with Crippen molar-refractivity contribution in [1.29, 1.82) is 0 Å². The first-order chi connectivity index (χ1) is 8.43. The Hall–Kier alpha value is -1.02. The normalized spacial score (nSPS) is 25.2. The fraction of sp³-hybridized carbons (Fsp3) is 0.600. The number of anilines is 1. The molecular formula is C15H22N2. The summed E-state index contributed by atoms with van der Waals surface area (Å²) in [4.78, 5) is 2.52. The molecule has 1 unspecified atom stereocenters. The molecule has 2 fully saturated rings. The molecule has 0 aliphatic carbocycles. The van der Waals surface area contributed by atoms with Crippen molar-refractivity contribution in [3.63, 3.8) is 0 Å². The molecule has 2 heterocycles. The first-order valence-electron chi connectivity index (χ1n) is 7.02. The second-order valence-electron chi connectivity index (χ2n) is 5.29. The van der Waals surface area contributed by atoms with E-state index in [1.54, 1.807) is 0 Å². The summed E-state index contributed by atoms with van der Waals surface area (Å²) >= 11 is 0. The van der Waals surface area contributed by atoms with Gasteiger partial charge in [0.15, 0.2) is 0 Å². The van der Waals surface area contributed by atoms with Crippen molar-refractivity contribution in [3.05, 3.63) is 29.8 Å². The first kappa shape index (κ1) is 11.1. The first-order valence-corrected chi connectivity index (χ1v) is 7.02. The molecule has 2 heteroatoms. The van der Waals surface area contributed by atoms with Gasteiger partial charge >= 0.3 is 0 Å². The summed E-state index contributed by atoms with van der Waals surface area (Å²) in [6, 6.07) is 9.75. The van der Waals surface area contributed by atoms with Crippen molar-refractivity contribution in [3.8, 4) is 0 Å². The number of benzene rings is 1. The lowest BCUT2D eigenvalue weighted by molar-refractivity contribution is 0.412. The third-order valence-electron chi connectivity index (χ3n) is 4.05. The molecule has 2 saturated heterocycles. The van der Waals surface area contributed by atoms with Gasteiger partial charge in [-0.3, -0.25) is 0 Å². The molecule has 17 heavy (non-hydrogen) atoms. The Morgan fingerprint density at radius 3 is 2.71 bits per heavy atom. The second kappa shape index (κ2) is 5.09. The molecule has 0 spiro atoms. The summed E-state index contributed by atoms with van der Waals surface area (Å²) in [7, 11) is 0. The number of hydrogen-bond acceptors (Lipinski definition) is 2. The standard InChI is InChI=1S/C15H22N2/c1-2-9-16-15(8-1)13-6-5-7-14(12-13)17-10-3-4-11-17/h5-7,12,15-16H,1-4,8-11H2. The van der Waals surface area contributed by atoms with Crippen LogP contribution in [-0.2, 0) is 0 Å². The van der Waals surface area contributed by atoms with Gasteiger partial charge in [-0.2, -0.15) is 0 Å². The van der Waals surface area contributed by atoms with Gasteiger partial charge in [0.2, 0.25) is 0 Å². The van der Waals surface area contributed by atoms with Gasteiger partial charge in [-0.05, 0) is 49.9 Å². The third-order valence-corrected chi connectivity index (χ3v) is 4.05. The number of nitrogens with one attached hydrogen (secondary N) is 1. The molecule has 0 saturated carbocycles. The number of nitrogens with zero attached hydrogens (tertiary/aromatic N) is 1. The van der Waals surface area contributed by atoms with E-state index in [0.29, 0.717) is 6.04 Å². The van der Waals surface area contributed by atoms with Crippen molar-refractivity contribution in [2.75, 3.05) is 24.5 Å². The highest BCUT2D eigenvalue weighted by molar-refractivity contribution is 5.50. The van der Waals surface area contributed by atoms with Crippen molar-refractivity contribution in [1.82, 2.24) is 5.32 Å². The van der Waals surface area contributed by atoms with Gasteiger partial charge in [0.25, 0.3) is 0 Å². The van der Waals surface area contributed by atoms with E-state index in [1.807, 2.05) is 0 Å². The smallest absolute Gasteiger partial charge is 0.0369 e. The quantitative estimate of drug-likeness (QED) is 0.840. The number of hydrogen-bond donors (Lipinski definition) is 1. The van der Waals surface area contributed by atoms with Crippen LogP contribution < -0.4 is 10.2 Å². The van der Waals surface area contributed by atoms with Crippen molar-refractivity contribution in [2.24, 2.45) is 0 Å². The van der Waals surface area contributed by atoms with Gasteiger partial charge in [-0.25, -0.2) is 0 Å². The van der Waals surface area contributed by atoms with E-state index in [2.05, 4.69) is 34.5 Å². The molecule has 1 aromatic rings. The van der Waals surface area contributed by atoms with E-state index in [-0.39, 0.29) is 0 Å². The maximum absolute atomic E-state index is 3.63. The molecule has 3 rings (SSSR count). The van der Waals surface area contributed by atoms with E-state index >= 15 is 0 Å². The van der Waals surface area contributed by atoms with Crippen LogP contribution in [0.5, 0.6) is 0 Å². The Balaban J connectivity index is 1.77. The van der Waals surface area contributed by atoms with Crippen LogP contribution in [0.4, 0.5) is 5.69 Å². The van der Waals surface area contributed by atoms with Crippen LogP contribution in [0.2, 0.25) is 0 Å². The zero-order chi connectivity index (χ0) is 11.5. The third kappa shape index (κ3) is 2.47. The predicted molar refractivity (Wildman–Crippen MR) is 72.5 cm³/mol. The average Bonchev–Trinajstić information content (AvgIpc) is 2.94. The molecule has 0 bridgehead atoms. The lowest BCUT2D eigenvalue weighted by atomic mass is 9.97. The lowest BCUT2D eigenvalue weighted by Crippen LogP contribution is -2.27. The van der Waals surface area contributed by atoms with Crippen LogP contribution in [0.3, 0.4) is 0 Å². The summed E-state index contributed by atoms with van der Waals surface area (Å²) in [6.07, 6.45) is 6.70. The summed E-state index contributed by atoms with van der Waals surface area (Å²) < 4.78 is 0. The van der Waals surface area contributed by atoms with Crippen LogP contribution >= 0.6 is 0 Å². The minimum Gasteiger partial charge on any atom is -0.372 e. The minimum atomic E-state index is 0.589. The summed E-state index contributed by atoms with van der Waals surface area (Å²) in [5.41, 5.74) is 2.90. The Morgan fingerprint density at radius 1 is 1.06 bits per heavy atom. The molecular weight excluding hydrogens is 208 g/mol. The van der Waals surface area contributed by atoms with Crippen LogP contribution in [0.25, 0.3) is 0 Å². The molecule has 1 aromatic carbocycles. The van der Waals surface area contributed by atoms with Crippen molar-refractivity contribution < 1.29 is 0 Å². The number of piperidine rings is 1. The minimum absolute atomic E-state index is 0.589. The topological polar surface area (TPSA) is 15.3 Å². The summed E-state index contributed by atoms with van der Waals surface area (Å²) in [5, 5.41) is 3.63.